The van der Waals surface area contributed by atoms with Crippen LogP contribution in [0.5, 0.6) is 0 Å². The molecule has 1 aliphatic carbocycles. The van der Waals surface area contributed by atoms with Crippen LogP contribution in [0, 0.1) is 0 Å². The second kappa shape index (κ2) is 5.63. The van der Waals surface area contributed by atoms with Gasteiger partial charge in [0.05, 0.1) is 16.9 Å². The van der Waals surface area contributed by atoms with Gasteiger partial charge in [-0.05, 0) is 47.0 Å². The molecule has 1 saturated carbocycles. The summed E-state index contributed by atoms with van der Waals surface area (Å²) < 4.78 is 0.855. The number of amides is 1. The molecule has 0 radical (unpaired) electrons. The number of benzene rings is 1. The van der Waals surface area contributed by atoms with Crippen LogP contribution in [0.1, 0.15) is 23.2 Å². The molecule has 0 unspecified atom stereocenters. The fraction of sp³-hybridized carbons (Fsp3) is 0.200. The second-order valence-electron chi connectivity index (χ2n) is 4.81. The molecule has 2 N–H and O–H groups in total. The second-order valence-corrected chi connectivity index (χ2v) is 5.67. The number of para-hydroxylation sites is 1. The Morgan fingerprint density at radius 3 is 2.80 bits per heavy atom. The Hall–Kier alpha value is -1.88. The average molecular weight is 332 g/mol. The number of aromatic nitrogens is 1. The minimum atomic E-state index is -0.163. The van der Waals surface area contributed by atoms with E-state index in [1.165, 1.54) is 12.8 Å². The summed E-state index contributed by atoms with van der Waals surface area (Å²) in [5, 5.41) is 6.20. The predicted molar refractivity (Wildman–Crippen MR) is 83.0 cm³/mol. The molecule has 0 spiro atoms. The molecular weight excluding hydrogens is 318 g/mol. The Bertz CT molecular complexity index is 641. The van der Waals surface area contributed by atoms with Crippen molar-refractivity contribution in [3.05, 3.63) is 52.8 Å². The minimum absolute atomic E-state index is 0.163. The fourth-order valence-electron chi connectivity index (χ4n) is 1.86. The van der Waals surface area contributed by atoms with Crippen LogP contribution in [0.3, 0.4) is 0 Å². The van der Waals surface area contributed by atoms with E-state index in [2.05, 4.69) is 31.5 Å². The quantitative estimate of drug-likeness (QED) is 0.898. The highest BCUT2D eigenvalue weighted by Crippen LogP contribution is 2.25. The largest absolute Gasteiger partial charge is 0.381 e. The van der Waals surface area contributed by atoms with Crippen molar-refractivity contribution in [2.24, 2.45) is 0 Å². The van der Waals surface area contributed by atoms with Crippen LogP contribution in [0.2, 0.25) is 0 Å². The Balaban J connectivity index is 1.74. The summed E-state index contributed by atoms with van der Waals surface area (Å²) in [5.41, 5.74) is 2.19. The monoisotopic (exact) mass is 331 g/mol. The van der Waals surface area contributed by atoms with Gasteiger partial charge in [0.25, 0.3) is 5.91 Å². The topological polar surface area (TPSA) is 54.0 Å². The molecule has 1 aromatic heterocycles. The van der Waals surface area contributed by atoms with Crippen LogP contribution >= 0.6 is 15.9 Å². The highest BCUT2D eigenvalue weighted by atomic mass is 79.9. The first-order chi connectivity index (χ1) is 9.72. The average Bonchev–Trinajstić information content (AvgIpc) is 3.25. The van der Waals surface area contributed by atoms with Gasteiger partial charge < -0.3 is 10.6 Å². The van der Waals surface area contributed by atoms with Crippen molar-refractivity contribution in [3.63, 3.8) is 0 Å². The Labute approximate surface area is 125 Å². The Kier molecular flexibility index (Phi) is 3.69. The van der Waals surface area contributed by atoms with Crippen LogP contribution in [-0.2, 0) is 0 Å². The highest BCUT2D eigenvalue weighted by Gasteiger charge is 2.21. The van der Waals surface area contributed by atoms with Crippen LogP contribution < -0.4 is 10.6 Å². The molecule has 1 aromatic carbocycles. The van der Waals surface area contributed by atoms with Gasteiger partial charge in [0.1, 0.15) is 0 Å². The Morgan fingerprint density at radius 1 is 1.25 bits per heavy atom. The van der Waals surface area contributed by atoms with Crippen LogP contribution in [0.15, 0.2) is 47.2 Å². The van der Waals surface area contributed by atoms with E-state index in [-0.39, 0.29) is 5.91 Å². The molecule has 1 heterocycles. The summed E-state index contributed by atoms with van der Waals surface area (Å²) in [6.07, 6.45) is 5.69. The summed E-state index contributed by atoms with van der Waals surface area (Å²) in [6, 6.07) is 9.89. The number of halogens is 1. The maximum Gasteiger partial charge on any atom is 0.257 e. The number of nitrogens with one attached hydrogen (secondary N) is 2. The smallest absolute Gasteiger partial charge is 0.257 e. The van der Waals surface area contributed by atoms with Gasteiger partial charge in [0, 0.05) is 22.9 Å². The first-order valence-electron chi connectivity index (χ1n) is 6.50. The number of anilines is 2. The summed E-state index contributed by atoms with van der Waals surface area (Å²) in [5.74, 6) is -0.163. The zero-order chi connectivity index (χ0) is 13.9. The van der Waals surface area contributed by atoms with Gasteiger partial charge in [0.2, 0.25) is 0 Å². The fourth-order valence-corrected chi connectivity index (χ4v) is 2.25. The Morgan fingerprint density at radius 2 is 2.05 bits per heavy atom. The molecule has 1 aliphatic rings. The zero-order valence-electron chi connectivity index (χ0n) is 10.8. The molecule has 4 nitrogen and oxygen atoms in total. The number of hydrogen-bond donors (Lipinski definition) is 2. The summed E-state index contributed by atoms with van der Waals surface area (Å²) in [4.78, 5) is 16.3. The van der Waals surface area contributed by atoms with E-state index >= 15 is 0 Å². The lowest BCUT2D eigenvalue weighted by Gasteiger charge is -2.09. The SMILES string of the molecule is O=C(Nc1ccccc1Br)c1cncc(NC2CC2)c1. The van der Waals surface area contributed by atoms with Gasteiger partial charge in [-0.2, -0.15) is 0 Å². The van der Waals surface area contributed by atoms with Crippen molar-refractivity contribution in [1.29, 1.82) is 0 Å². The van der Waals surface area contributed by atoms with Crippen LogP contribution in [-0.4, -0.2) is 16.9 Å². The first-order valence-corrected chi connectivity index (χ1v) is 7.29. The first kappa shape index (κ1) is 13.1. The van der Waals surface area contributed by atoms with Crippen molar-refractivity contribution < 1.29 is 4.79 Å². The molecule has 0 saturated heterocycles. The van der Waals surface area contributed by atoms with Crippen LogP contribution in [0.25, 0.3) is 0 Å². The molecule has 2 aromatic rings. The van der Waals surface area contributed by atoms with E-state index in [0.29, 0.717) is 11.6 Å². The number of carbonyl (C=O) groups is 1. The third-order valence-corrected chi connectivity index (χ3v) is 3.76. The van der Waals surface area contributed by atoms with Crippen molar-refractivity contribution in [2.45, 2.75) is 18.9 Å². The van der Waals surface area contributed by atoms with E-state index in [1.807, 2.05) is 30.3 Å². The van der Waals surface area contributed by atoms with E-state index < -0.39 is 0 Å². The van der Waals surface area contributed by atoms with E-state index in [4.69, 9.17) is 0 Å². The molecule has 3 rings (SSSR count). The number of carbonyl (C=O) groups excluding carboxylic acids is 1. The number of hydrogen-bond acceptors (Lipinski definition) is 3. The molecular formula is C15H14BrN3O. The molecule has 0 atom stereocenters. The van der Waals surface area contributed by atoms with E-state index in [1.54, 1.807) is 12.4 Å². The molecule has 102 valence electrons. The van der Waals surface area contributed by atoms with Crippen LogP contribution in [0.4, 0.5) is 11.4 Å². The number of rotatable bonds is 4. The summed E-state index contributed by atoms with van der Waals surface area (Å²) in [6.45, 7) is 0. The third kappa shape index (κ3) is 3.17. The van der Waals surface area contributed by atoms with Gasteiger partial charge in [-0.25, -0.2) is 0 Å². The lowest BCUT2D eigenvalue weighted by molar-refractivity contribution is 0.102. The molecule has 0 bridgehead atoms. The lowest BCUT2D eigenvalue weighted by Crippen LogP contribution is -2.13. The molecule has 1 amide bonds. The zero-order valence-corrected chi connectivity index (χ0v) is 12.4. The van der Waals surface area contributed by atoms with Crippen molar-refractivity contribution in [3.8, 4) is 0 Å². The summed E-state index contributed by atoms with van der Waals surface area (Å²) in [7, 11) is 0. The van der Waals surface area contributed by atoms with E-state index in [0.717, 1.165) is 15.8 Å². The summed E-state index contributed by atoms with van der Waals surface area (Å²) >= 11 is 3.41. The molecule has 1 fully saturated rings. The maximum absolute atomic E-state index is 12.2. The van der Waals surface area contributed by atoms with Gasteiger partial charge in [-0.15, -0.1) is 0 Å². The molecule has 5 heteroatoms. The third-order valence-electron chi connectivity index (χ3n) is 3.07. The number of nitrogens with zero attached hydrogens (tertiary/aromatic N) is 1. The molecule has 20 heavy (non-hydrogen) atoms. The van der Waals surface area contributed by atoms with Gasteiger partial charge in [-0.3, -0.25) is 9.78 Å². The maximum atomic E-state index is 12.2. The molecule has 0 aliphatic heterocycles. The van der Waals surface area contributed by atoms with Gasteiger partial charge >= 0.3 is 0 Å². The van der Waals surface area contributed by atoms with Crippen molar-refractivity contribution >= 4 is 33.2 Å². The minimum Gasteiger partial charge on any atom is -0.381 e. The van der Waals surface area contributed by atoms with Gasteiger partial charge in [0.15, 0.2) is 0 Å². The lowest BCUT2D eigenvalue weighted by atomic mass is 10.2. The standard InChI is InChI=1S/C15H14BrN3O/c16-13-3-1-2-4-14(13)19-15(20)10-7-12(9-17-8-10)18-11-5-6-11/h1-4,7-9,11,18H,5-6H2,(H,19,20). The van der Waals surface area contributed by atoms with Gasteiger partial charge in [-0.1, -0.05) is 12.1 Å². The normalized spacial score (nSPS) is 13.8. The predicted octanol–water partition coefficient (Wildman–Crippen LogP) is 3.67. The highest BCUT2D eigenvalue weighted by molar-refractivity contribution is 9.10. The van der Waals surface area contributed by atoms with Crippen molar-refractivity contribution in [2.75, 3.05) is 10.6 Å². The number of pyridine rings is 1. The van der Waals surface area contributed by atoms with E-state index in [9.17, 15) is 4.79 Å². The van der Waals surface area contributed by atoms with Crippen molar-refractivity contribution in [1.82, 2.24) is 4.98 Å².